The molecule has 0 saturated carbocycles. The molecule has 3 nitrogen and oxygen atoms in total. The minimum absolute atomic E-state index is 0.514. The summed E-state index contributed by atoms with van der Waals surface area (Å²) < 4.78 is 5.26. The molecule has 0 amide bonds. The molecule has 1 atom stereocenters. The van der Waals surface area contributed by atoms with Gasteiger partial charge in [0.25, 0.3) is 0 Å². The van der Waals surface area contributed by atoms with Gasteiger partial charge >= 0.3 is 0 Å². The Morgan fingerprint density at radius 1 is 1.40 bits per heavy atom. The topological polar surface area (TPSA) is 41.5 Å². The second-order valence-electron chi connectivity index (χ2n) is 4.63. The van der Waals surface area contributed by atoms with Crippen LogP contribution in [0.15, 0.2) is 0 Å². The van der Waals surface area contributed by atoms with Gasteiger partial charge in [-0.05, 0) is 18.6 Å². The van der Waals surface area contributed by atoms with E-state index in [1.165, 1.54) is 24.3 Å². The Balaban J connectivity index is 1.70. The van der Waals surface area contributed by atoms with E-state index < -0.39 is 5.60 Å². The Morgan fingerprint density at radius 3 is 2.87 bits per heavy atom. The van der Waals surface area contributed by atoms with Crippen LogP contribution in [-0.2, 0) is 4.74 Å². The molecule has 2 aliphatic heterocycles. The van der Waals surface area contributed by atoms with Gasteiger partial charge in [0.05, 0.1) is 5.60 Å². The predicted molar refractivity (Wildman–Crippen MR) is 63.4 cm³/mol. The summed E-state index contributed by atoms with van der Waals surface area (Å²) in [5.74, 6) is 2.50. The summed E-state index contributed by atoms with van der Waals surface area (Å²) in [5.41, 5.74) is -0.514. The summed E-state index contributed by atoms with van der Waals surface area (Å²) in [6.07, 6.45) is 4.13. The molecule has 0 aromatic carbocycles. The van der Waals surface area contributed by atoms with Crippen LogP contribution >= 0.6 is 11.8 Å². The van der Waals surface area contributed by atoms with Crippen LogP contribution in [0.4, 0.5) is 0 Å². The van der Waals surface area contributed by atoms with E-state index in [4.69, 9.17) is 4.74 Å². The third-order valence-electron chi connectivity index (χ3n) is 3.30. The van der Waals surface area contributed by atoms with Crippen molar-refractivity contribution in [1.82, 2.24) is 5.32 Å². The molecule has 0 aromatic heterocycles. The first-order chi connectivity index (χ1) is 7.29. The fourth-order valence-corrected chi connectivity index (χ4v) is 3.27. The molecule has 2 fully saturated rings. The minimum Gasteiger partial charge on any atom is -0.388 e. The third-order valence-corrected chi connectivity index (χ3v) is 4.52. The van der Waals surface area contributed by atoms with Gasteiger partial charge in [-0.25, -0.2) is 0 Å². The molecule has 2 saturated heterocycles. The number of hydrogen-bond donors (Lipinski definition) is 2. The lowest BCUT2D eigenvalue weighted by Gasteiger charge is -2.34. The molecule has 0 aromatic rings. The monoisotopic (exact) mass is 231 g/mol. The smallest absolute Gasteiger partial charge is 0.0815 e. The second kappa shape index (κ2) is 5.53. The fraction of sp³-hybridized carbons (Fsp3) is 1.00. The highest BCUT2D eigenvalue weighted by molar-refractivity contribution is 7.99. The average Bonchev–Trinajstić information content (AvgIpc) is 2.29. The summed E-state index contributed by atoms with van der Waals surface area (Å²) in [4.78, 5) is 0. The average molecular weight is 231 g/mol. The number of aliphatic hydroxyl groups is 1. The van der Waals surface area contributed by atoms with Crippen molar-refractivity contribution in [2.75, 3.05) is 31.3 Å². The standard InChI is InChI=1S/C11H21NO2S/c13-11(3-5-14-6-4-11)9-12-10-2-1-7-15-8-10/h10,12-13H,1-9H2. The summed E-state index contributed by atoms with van der Waals surface area (Å²) in [6, 6.07) is 0.607. The number of hydrogen-bond acceptors (Lipinski definition) is 4. The lowest BCUT2D eigenvalue weighted by atomic mass is 9.94. The van der Waals surface area contributed by atoms with Crippen molar-refractivity contribution in [3.63, 3.8) is 0 Å². The highest BCUT2D eigenvalue weighted by Crippen LogP contribution is 2.21. The van der Waals surface area contributed by atoms with Gasteiger partial charge in [0.1, 0.15) is 0 Å². The number of ether oxygens (including phenoxy) is 1. The summed E-state index contributed by atoms with van der Waals surface area (Å²) >= 11 is 2.02. The first-order valence-electron chi connectivity index (χ1n) is 5.90. The Labute approximate surface area is 96.0 Å². The van der Waals surface area contributed by atoms with Crippen LogP contribution in [0.2, 0.25) is 0 Å². The molecule has 2 rings (SSSR count). The van der Waals surface area contributed by atoms with Crippen molar-refractivity contribution < 1.29 is 9.84 Å². The van der Waals surface area contributed by atoms with Crippen molar-refractivity contribution >= 4 is 11.8 Å². The normalized spacial score (nSPS) is 31.4. The van der Waals surface area contributed by atoms with Gasteiger partial charge in [-0.3, -0.25) is 0 Å². The highest BCUT2D eigenvalue weighted by Gasteiger charge is 2.30. The number of thioether (sulfide) groups is 1. The Morgan fingerprint density at radius 2 is 2.20 bits per heavy atom. The summed E-state index contributed by atoms with van der Waals surface area (Å²) in [5, 5.41) is 13.8. The lowest BCUT2D eigenvalue weighted by Crippen LogP contribution is -2.48. The zero-order valence-electron chi connectivity index (χ0n) is 9.21. The van der Waals surface area contributed by atoms with E-state index in [0.29, 0.717) is 19.3 Å². The van der Waals surface area contributed by atoms with E-state index >= 15 is 0 Å². The second-order valence-corrected chi connectivity index (χ2v) is 5.78. The molecule has 0 bridgehead atoms. The first kappa shape index (κ1) is 11.7. The minimum atomic E-state index is -0.514. The molecule has 2 aliphatic rings. The zero-order chi connectivity index (χ0) is 10.6. The van der Waals surface area contributed by atoms with E-state index in [0.717, 1.165) is 19.4 Å². The van der Waals surface area contributed by atoms with Gasteiger partial charge in [0.15, 0.2) is 0 Å². The van der Waals surface area contributed by atoms with Crippen molar-refractivity contribution in [2.45, 2.75) is 37.3 Å². The molecular formula is C11H21NO2S. The first-order valence-corrected chi connectivity index (χ1v) is 7.05. The van der Waals surface area contributed by atoms with Crippen LogP contribution in [0.25, 0.3) is 0 Å². The van der Waals surface area contributed by atoms with E-state index in [-0.39, 0.29) is 0 Å². The molecule has 4 heteroatoms. The molecule has 2 N–H and O–H groups in total. The molecule has 0 aliphatic carbocycles. The van der Waals surface area contributed by atoms with Gasteiger partial charge in [0.2, 0.25) is 0 Å². The van der Waals surface area contributed by atoms with Crippen LogP contribution < -0.4 is 5.32 Å². The van der Waals surface area contributed by atoms with Crippen molar-refractivity contribution in [1.29, 1.82) is 0 Å². The van der Waals surface area contributed by atoms with Crippen molar-refractivity contribution in [3.05, 3.63) is 0 Å². The van der Waals surface area contributed by atoms with Crippen LogP contribution in [-0.4, -0.2) is 48.0 Å². The molecular weight excluding hydrogens is 210 g/mol. The van der Waals surface area contributed by atoms with Crippen molar-refractivity contribution in [2.24, 2.45) is 0 Å². The Hall–Kier alpha value is 0.230. The molecule has 2 heterocycles. The third kappa shape index (κ3) is 3.63. The quantitative estimate of drug-likeness (QED) is 0.761. The maximum atomic E-state index is 10.3. The lowest BCUT2D eigenvalue weighted by molar-refractivity contribution is -0.0626. The van der Waals surface area contributed by atoms with E-state index in [9.17, 15) is 5.11 Å². The van der Waals surface area contributed by atoms with Crippen LogP contribution in [0.3, 0.4) is 0 Å². The van der Waals surface area contributed by atoms with Gasteiger partial charge in [-0.1, -0.05) is 0 Å². The van der Waals surface area contributed by atoms with Gasteiger partial charge in [-0.15, -0.1) is 0 Å². The van der Waals surface area contributed by atoms with Gasteiger partial charge in [-0.2, -0.15) is 11.8 Å². The maximum Gasteiger partial charge on any atom is 0.0815 e. The van der Waals surface area contributed by atoms with Crippen molar-refractivity contribution in [3.8, 4) is 0 Å². The van der Waals surface area contributed by atoms with E-state index in [1.807, 2.05) is 11.8 Å². The van der Waals surface area contributed by atoms with Crippen LogP contribution in [0.1, 0.15) is 25.7 Å². The number of nitrogens with one attached hydrogen (secondary N) is 1. The largest absolute Gasteiger partial charge is 0.388 e. The molecule has 0 spiro atoms. The predicted octanol–water partition coefficient (Wildman–Crippen LogP) is 1.01. The molecule has 15 heavy (non-hydrogen) atoms. The summed E-state index contributed by atoms with van der Waals surface area (Å²) in [6.45, 7) is 2.15. The van der Waals surface area contributed by atoms with E-state index in [2.05, 4.69) is 5.32 Å². The summed E-state index contributed by atoms with van der Waals surface area (Å²) in [7, 11) is 0. The van der Waals surface area contributed by atoms with Crippen LogP contribution in [0.5, 0.6) is 0 Å². The SMILES string of the molecule is OC1(CNC2CCCSC2)CCOCC1. The number of rotatable bonds is 3. The maximum absolute atomic E-state index is 10.3. The van der Waals surface area contributed by atoms with Gasteiger partial charge < -0.3 is 15.2 Å². The highest BCUT2D eigenvalue weighted by atomic mass is 32.2. The molecule has 0 radical (unpaired) electrons. The zero-order valence-corrected chi connectivity index (χ0v) is 10.0. The van der Waals surface area contributed by atoms with E-state index in [1.54, 1.807) is 0 Å². The van der Waals surface area contributed by atoms with Gasteiger partial charge in [0, 0.05) is 44.4 Å². The Bertz CT molecular complexity index is 189. The molecule has 1 unspecified atom stereocenters. The molecule has 88 valence electrons. The van der Waals surface area contributed by atoms with Crippen LogP contribution in [0, 0.1) is 0 Å². The Kier molecular flexibility index (Phi) is 4.31. The fourth-order valence-electron chi connectivity index (χ4n) is 2.16.